The summed E-state index contributed by atoms with van der Waals surface area (Å²) in [5.41, 5.74) is 0.625. The summed E-state index contributed by atoms with van der Waals surface area (Å²) in [5, 5.41) is 9.23. The number of carboxylic acid groups (broad SMARTS) is 1. The van der Waals surface area contributed by atoms with Crippen LogP contribution in [0, 0.1) is 0 Å². The molecule has 0 saturated carbocycles. The van der Waals surface area contributed by atoms with E-state index < -0.39 is 21.7 Å². The molecule has 0 aliphatic carbocycles. The van der Waals surface area contributed by atoms with E-state index in [1.807, 2.05) is 0 Å². The van der Waals surface area contributed by atoms with Gasteiger partial charge in [-0.1, -0.05) is 23.4 Å². The Balaban J connectivity index is 1.89. The number of thioether (sulfide) groups is 1. The average molecular weight is 447 g/mol. The predicted octanol–water partition coefficient (Wildman–Crippen LogP) is 2.20. The van der Waals surface area contributed by atoms with Gasteiger partial charge >= 0.3 is 5.97 Å². The Kier molecular flexibility index (Phi) is 6.21. The number of aliphatic imine (C=N–C) groups is 1. The molecule has 2 aliphatic rings. The van der Waals surface area contributed by atoms with Gasteiger partial charge in [-0.3, -0.25) is 9.59 Å². The number of ether oxygens (including phenoxy) is 1. The summed E-state index contributed by atoms with van der Waals surface area (Å²) in [5.74, 6) is -0.924. The number of carboxylic acids is 1. The minimum atomic E-state index is -3.17. The molecule has 1 amide bonds. The number of halogens is 1. The van der Waals surface area contributed by atoms with Crippen molar-refractivity contribution in [1.29, 1.82) is 0 Å². The number of fused-ring (bicyclic) bond motifs is 1. The zero-order valence-electron chi connectivity index (χ0n) is 15.0. The molecule has 1 N–H and O–H groups in total. The van der Waals surface area contributed by atoms with Crippen LogP contribution >= 0.6 is 23.4 Å². The normalized spacial score (nSPS) is 24.4. The lowest BCUT2D eigenvalue weighted by Crippen LogP contribution is -2.37. The molecule has 0 unspecified atom stereocenters. The van der Waals surface area contributed by atoms with E-state index in [1.54, 1.807) is 23.1 Å². The highest BCUT2D eigenvalue weighted by Gasteiger charge is 2.49. The second-order valence-corrected chi connectivity index (χ2v) is 10.3. The summed E-state index contributed by atoms with van der Waals surface area (Å²) in [7, 11) is -1.68. The van der Waals surface area contributed by atoms with Crippen LogP contribution in [0.15, 0.2) is 23.2 Å². The first kappa shape index (κ1) is 20.9. The largest absolute Gasteiger partial charge is 0.495 e. The smallest absolute Gasteiger partial charge is 0.303 e. The zero-order chi connectivity index (χ0) is 20.5. The number of amidine groups is 1. The van der Waals surface area contributed by atoms with Crippen LogP contribution in [0.2, 0.25) is 5.02 Å². The molecule has 2 atom stereocenters. The first-order valence-corrected chi connectivity index (χ1v) is 11.6. The van der Waals surface area contributed by atoms with E-state index in [4.69, 9.17) is 21.4 Å². The number of anilines is 1. The van der Waals surface area contributed by atoms with Crippen LogP contribution in [-0.2, 0) is 19.4 Å². The van der Waals surface area contributed by atoms with Gasteiger partial charge in [0.25, 0.3) is 0 Å². The fraction of sp³-hybridized carbons (Fsp3) is 0.471. The fourth-order valence-corrected chi connectivity index (χ4v) is 7.41. The van der Waals surface area contributed by atoms with Crippen molar-refractivity contribution in [2.45, 2.75) is 30.6 Å². The third-order valence-corrected chi connectivity index (χ3v) is 7.99. The maximum atomic E-state index is 12.2. The lowest BCUT2D eigenvalue weighted by molar-refractivity contribution is -0.137. The van der Waals surface area contributed by atoms with Gasteiger partial charge in [0.1, 0.15) is 5.75 Å². The van der Waals surface area contributed by atoms with Crippen molar-refractivity contribution in [3.05, 3.63) is 23.2 Å². The Morgan fingerprint density at radius 1 is 1.36 bits per heavy atom. The Bertz CT molecular complexity index is 934. The third-order valence-electron chi connectivity index (χ3n) is 4.48. The molecule has 0 radical (unpaired) electrons. The van der Waals surface area contributed by atoms with E-state index in [1.165, 1.54) is 18.9 Å². The molecule has 2 aliphatic heterocycles. The first-order chi connectivity index (χ1) is 13.2. The molecule has 0 aromatic heterocycles. The molecule has 3 rings (SSSR count). The van der Waals surface area contributed by atoms with Crippen molar-refractivity contribution in [3.8, 4) is 5.75 Å². The topological polar surface area (TPSA) is 113 Å². The summed E-state index contributed by atoms with van der Waals surface area (Å²) < 4.78 is 29.3. The molecule has 152 valence electrons. The van der Waals surface area contributed by atoms with Gasteiger partial charge in [0.05, 0.1) is 29.7 Å². The molecule has 8 nitrogen and oxygen atoms in total. The molecule has 0 bridgehead atoms. The SMILES string of the molecule is COc1ccc(N2C(=NC(=O)CCCC(=O)O)S[C@@H]3CS(=O)(=O)C[C@@H]32)cc1Cl. The van der Waals surface area contributed by atoms with Gasteiger partial charge in [-0.15, -0.1) is 0 Å². The maximum absolute atomic E-state index is 12.2. The van der Waals surface area contributed by atoms with E-state index in [-0.39, 0.29) is 42.1 Å². The van der Waals surface area contributed by atoms with E-state index in [2.05, 4.69) is 4.99 Å². The van der Waals surface area contributed by atoms with Gasteiger partial charge in [-0.2, -0.15) is 4.99 Å². The number of nitrogens with zero attached hydrogens (tertiary/aromatic N) is 2. The molecule has 0 spiro atoms. The van der Waals surface area contributed by atoms with Gasteiger partial charge in [0.15, 0.2) is 15.0 Å². The van der Waals surface area contributed by atoms with Gasteiger partial charge < -0.3 is 14.7 Å². The van der Waals surface area contributed by atoms with Crippen LogP contribution in [0.5, 0.6) is 5.75 Å². The summed E-state index contributed by atoms with van der Waals surface area (Å²) in [6.07, 6.45) is 0.109. The first-order valence-electron chi connectivity index (χ1n) is 8.53. The number of benzene rings is 1. The number of carbonyl (C=O) groups is 2. The fourth-order valence-electron chi connectivity index (χ4n) is 3.22. The van der Waals surface area contributed by atoms with Crippen molar-refractivity contribution in [2.24, 2.45) is 4.99 Å². The monoisotopic (exact) mass is 446 g/mol. The van der Waals surface area contributed by atoms with Crippen molar-refractivity contribution < 1.29 is 27.9 Å². The number of aliphatic carboxylic acids is 1. The number of sulfone groups is 1. The van der Waals surface area contributed by atoms with Crippen LogP contribution in [0.4, 0.5) is 5.69 Å². The zero-order valence-corrected chi connectivity index (χ0v) is 17.4. The number of rotatable bonds is 6. The molecule has 1 aromatic carbocycles. The van der Waals surface area contributed by atoms with Crippen molar-refractivity contribution in [3.63, 3.8) is 0 Å². The van der Waals surface area contributed by atoms with Crippen LogP contribution in [0.25, 0.3) is 0 Å². The minimum Gasteiger partial charge on any atom is -0.495 e. The lowest BCUT2D eigenvalue weighted by atomic mass is 10.2. The molecule has 2 saturated heterocycles. The van der Waals surface area contributed by atoms with Gasteiger partial charge in [-0.05, 0) is 24.6 Å². The average Bonchev–Trinajstić information content (AvgIpc) is 3.05. The molecular weight excluding hydrogens is 428 g/mol. The molecule has 1 aromatic rings. The molecular formula is C17H19ClN2O6S2. The second kappa shape index (κ2) is 8.30. The van der Waals surface area contributed by atoms with E-state index in [0.717, 1.165) is 0 Å². The predicted molar refractivity (Wildman–Crippen MR) is 108 cm³/mol. The quantitative estimate of drug-likeness (QED) is 0.707. The Morgan fingerprint density at radius 2 is 2.11 bits per heavy atom. The van der Waals surface area contributed by atoms with E-state index in [9.17, 15) is 18.0 Å². The highest BCUT2D eigenvalue weighted by Crippen LogP contribution is 2.42. The summed E-state index contributed by atoms with van der Waals surface area (Å²) in [6.45, 7) is 0. The maximum Gasteiger partial charge on any atom is 0.303 e. The van der Waals surface area contributed by atoms with E-state index in [0.29, 0.717) is 21.6 Å². The Labute approximate surface area is 171 Å². The van der Waals surface area contributed by atoms with Crippen LogP contribution in [0.3, 0.4) is 0 Å². The van der Waals surface area contributed by atoms with Gasteiger partial charge in [-0.25, -0.2) is 8.42 Å². The Morgan fingerprint density at radius 3 is 2.75 bits per heavy atom. The standard InChI is InChI=1S/C17H19ClN2O6S2/c1-26-13-6-5-10(7-11(13)18)20-12-8-28(24,25)9-14(12)27-17(20)19-15(21)3-2-4-16(22)23/h5-7,12,14H,2-4,8-9H2,1H3,(H,22,23)/t12-,14+/m0/s1. The number of methoxy groups -OCH3 is 1. The summed E-state index contributed by atoms with van der Waals surface area (Å²) in [4.78, 5) is 28.7. The summed E-state index contributed by atoms with van der Waals surface area (Å²) in [6, 6.07) is 4.72. The van der Waals surface area contributed by atoms with E-state index >= 15 is 0 Å². The molecule has 2 fully saturated rings. The van der Waals surface area contributed by atoms with Gasteiger partial charge in [0.2, 0.25) is 5.91 Å². The van der Waals surface area contributed by atoms with Gasteiger partial charge in [0, 0.05) is 23.8 Å². The number of hydrogen-bond donors (Lipinski definition) is 1. The minimum absolute atomic E-state index is 0.0151. The number of amides is 1. The van der Waals surface area contributed by atoms with Crippen LogP contribution in [0.1, 0.15) is 19.3 Å². The highest BCUT2D eigenvalue weighted by atomic mass is 35.5. The number of carbonyl (C=O) groups excluding carboxylic acids is 1. The third kappa shape index (κ3) is 4.61. The summed E-state index contributed by atoms with van der Waals surface area (Å²) >= 11 is 7.48. The van der Waals surface area contributed by atoms with Crippen molar-refractivity contribution in [2.75, 3.05) is 23.5 Å². The molecule has 11 heteroatoms. The highest BCUT2D eigenvalue weighted by molar-refractivity contribution is 8.16. The second-order valence-electron chi connectivity index (χ2n) is 6.52. The Hall–Kier alpha value is -1.78. The number of hydrogen-bond acceptors (Lipinski definition) is 6. The van der Waals surface area contributed by atoms with Crippen molar-refractivity contribution >= 4 is 55.9 Å². The van der Waals surface area contributed by atoms with Crippen molar-refractivity contribution in [1.82, 2.24) is 0 Å². The van der Waals surface area contributed by atoms with Crippen LogP contribution in [-0.4, -0.2) is 60.5 Å². The molecule has 28 heavy (non-hydrogen) atoms. The molecule has 2 heterocycles. The van der Waals surface area contributed by atoms with Crippen LogP contribution < -0.4 is 9.64 Å². The lowest BCUT2D eigenvalue weighted by Gasteiger charge is -2.25.